The molecule has 1 fully saturated rings. The SMILES string of the molecule is Cc1cc2ccncc2cc1C(=N)/C=C\C(=N)N(C)C1CC(C)(C)NC(C)(C)C1. The van der Waals surface area contributed by atoms with Gasteiger partial charge in [-0.25, -0.2) is 0 Å². The van der Waals surface area contributed by atoms with Crippen molar-refractivity contribution in [3.05, 3.63) is 53.9 Å². The number of piperidine rings is 1. The Morgan fingerprint density at radius 2 is 1.76 bits per heavy atom. The van der Waals surface area contributed by atoms with Crippen molar-refractivity contribution in [2.75, 3.05) is 7.05 Å². The highest BCUT2D eigenvalue weighted by molar-refractivity contribution is 6.12. The van der Waals surface area contributed by atoms with E-state index in [9.17, 15) is 0 Å². The van der Waals surface area contributed by atoms with E-state index >= 15 is 0 Å². The van der Waals surface area contributed by atoms with Crippen LogP contribution in [0.3, 0.4) is 0 Å². The highest BCUT2D eigenvalue weighted by Crippen LogP contribution is 2.31. The summed E-state index contributed by atoms with van der Waals surface area (Å²) in [6.07, 6.45) is 9.06. The van der Waals surface area contributed by atoms with Crippen LogP contribution in [0.25, 0.3) is 10.8 Å². The van der Waals surface area contributed by atoms with Gasteiger partial charge in [0.15, 0.2) is 0 Å². The molecule has 1 aliphatic rings. The predicted octanol–water partition coefficient (Wildman–Crippen LogP) is 4.69. The van der Waals surface area contributed by atoms with Crippen LogP contribution in [0.1, 0.15) is 51.7 Å². The molecular formula is C24H33N5. The maximum absolute atomic E-state index is 8.54. The summed E-state index contributed by atoms with van der Waals surface area (Å²) in [5.41, 5.74) is 2.42. The second-order valence-corrected chi connectivity index (χ2v) is 9.59. The van der Waals surface area contributed by atoms with Crippen molar-refractivity contribution < 1.29 is 0 Å². The number of hydrogen-bond donors (Lipinski definition) is 3. The lowest BCUT2D eigenvalue weighted by molar-refractivity contribution is 0.114. The second kappa shape index (κ2) is 7.71. The molecule has 0 amide bonds. The maximum Gasteiger partial charge on any atom is 0.120 e. The van der Waals surface area contributed by atoms with E-state index in [4.69, 9.17) is 10.8 Å². The molecule has 5 heteroatoms. The normalized spacial score (nSPS) is 18.8. The lowest BCUT2D eigenvalue weighted by Crippen LogP contribution is -2.62. The smallest absolute Gasteiger partial charge is 0.120 e. The highest BCUT2D eigenvalue weighted by Gasteiger charge is 2.39. The van der Waals surface area contributed by atoms with Gasteiger partial charge in [0.05, 0.1) is 5.71 Å². The molecule has 2 heterocycles. The second-order valence-electron chi connectivity index (χ2n) is 9.59. The molecule has 3 N–H and O–H groups in total. The van der Waals surface area contributed by atoms with Crippen molar-refractivity contribution in [2.24, 2.45) is 0 Å². The summed E-state index contributed by atoms with van der Waals surface area (Å²) >= 11 is 0. The highest BCUT2D eigenvalue weighted by atomic mass is 15.2. The Kier molecular flexibility index (Phi) is 5.63. The van der Waals surface area contributed by atoms with Gasteiger partial charge >= 0.3 is 0 Å². The van der Waals surface area contributed by atoms with Crippen molar-refractivity contribution in [1.82, 2.24) is 15.2 Å². The van der Waals surface area contributed by atoms with E-state index in [1.54, 1.807) is 18.3 Å². The van der Waals surface area contributed by atoms with Gasteiger partial charge in [-0.2, -0.15) is 0 Å². The first-order chi connectivity index (χ1) is 13.5. The minimum Gasteiger partial charge on any atom is -0.357 e. The Hall–Kier alpha value is -2.53. The molecule has 0 aliphatic carbocycles. The van der Waals surface area contributed by atoms with Crippen LogP contribution in [0, 0.1) is 17.7 Å². The number of aromatic nitrogens is 1. The van der Waals surface area contributed by atoms with E-state index in [1.165, 1.54) is 0 Å². The maximum atomic E-state index is 8.54. The molecule has 154 valence electrons. The fraction of sp³-hybridized carbons (Fsp3) is 0.458. The van der Waals surface area contributed by atoms with Gasteiger partial charge in [-0.1, -0.05) is 6.07 Å². The first kappa shape index (κ1) is 21.2. The molecule has 0 spiro atoms. The number of pyridine rings is 1. The summed E-state index contributed by atoms with van der Waals surface area (Å²) in [6.45, 7) is 10.9. The van der Waals surface area contributed by atoms with Gasteiger partial charge < -0.3 is 15.6 Å². The lowest BCUT2D eigenvalue weighted by atomic mass is 9.79. The van der Waals surface area contributed by atoms with Crippen LogP contribution in [0.5, 0.6) is 0 Å². The average Bonchev–Trinajstić information content (AvgIpc) is 2.62. The van der Waals surface area contributed by atoms with Crippen LogP contribution in [-0.4, -0.2) is 45.6 Å². The molecular weight excluding hydrogens is 358 g/mol. The third-order valence-electron chi connectivity index (χ3n) is 5.78. The van der Waals surface area contributed by atoms with Gasteiger partial charge in [-0.3, -0.25) is 10.4 Å². The van der Waals surface area contributed by atoms with Gasteiger partial charge in [0.2, 0.25) is 0 Å². The number of likely N-dealkylation sites (N-methyl/N-ethyl adjacent to an activating group) is 1. The van der Waals surface area contributed by atoms with Crippen LogP contribution in [0.2, 0.25) is 0 Å². The van der Waals surface area contributed by atoms with E-state index < -0.39 is 0 Å². The summed E-state index contributed by atoms with van der Waals surface area (Å²) in [5.74, 6) is 0.438. The number of benzene rings is 1. The molecule has 0 unspecified atom stereocenters. The summed E-state index contributed by atoms with van der Waals surface area (Å²) < 4.78 is 0. The Labute approximate surface area is 174 Å². The van der Waals surface area contributed by atoms with Crippen LogP contribution in [0.4, 0.5) is 0 Å². The molecule has 1 aliphatic heterocycles. The Morgan fingerprint density at radius 1 is 1.10 bits per heavy atom. The summed E-state index contributed by atoms with van der Waals surface area (Å²) in [4.78, 5) is 6.23. The third kappa shape index (κ3) is 4.91. The fourth-order valence-electron chi connectivity index (χ4n) is 4.65. The fourth-order valence-corrected chi connectivity index (χ4v) is 4.65. The zero-order valence-corrected chi connectivity index (χ0v) is 18.4. The zero-order chi connectivity index (χ0) is 21.4. The van der Waals surface area contributed by atoms with Gasteiger partial charge in [0, 0.05) is 47.5 Å². The topological polar surface area (TPSA) is 75.9 Å². The minimum absolute atomic E-state index is 0.0353. The van der Waals surface area contributed by atoms with Crippen molar-refractivity contribution in [3.63, 3.8) is 0 Å². The third-order valence-corrected chi connectivity index (χ3v) is 5.78. The number of aryl methyl sites for hydroxylation is 1. The molecule has 5 nitrogen and oxygen atoms in total. The van der Waals surface area contributed by atoms with Crippen LogP contribution >= 0.6 is 0 Å². The first-order valence-corrected chi connectivity index (χ1v) is 10.2. The molecule has 0 saturated carbocycles. The van der Waals surface area contributed by atoms with Crippen molar-refractivity contribution >= 4 is 22.3 Å². The first-order valence-electron chi connectivity index (χ1n) is 10.2. The predicted molar refractivity (Wildman–Crippen MR) is 122 cm³/mol. The molecule has 1 aromatic carbocycles. The van der Waals surface area contributed by atoms with E-state index in [-0.39, 0.29) is 11.1 Å². The summed E-state index contributed by atoms with van der Waals surface area (Å²) in [5, 5.41) is 22.9. The number of hydrogen-bond acceptors (Lipinski definition) is 4. The quantitative estimate of drug-likeness (QED) is 0.523. The average molecular weight is 392 g/mol. The zero-order valence-electron chi connectivity index (χ0n) is 18.4. The Balaban J connectivity index is 1.74. The number of nitrogens with one attached hydrogen (secondary N) is 3. The molecule has 0 atom stereocenters. The molecule has 1 saturated heterocycles. The van der Waals surface area contributed by atoms with Crippen LogP contribution in [-0.2, 0) is 0 Å². The van der Waals surface area contributed by atoms with Gasteiger partial charge in [0.25, 0.3) is 0 Å². The van der Waals surface area contributed by atoms with Crippen molar-refractivity contribution in [3.8, 4) is 0 Å². The molecule has 1 aromatic heterocycles. The van der Waals surface area contributed by atoms with Gasteiger partial charge in [-0.15, -0.1) is 0 Å². The molecule has 0 bridgehead atoms. The van der Waals surface area contributed by atoms with Gasteiger partial charge in [0.1, 0.15) is 5.84 Å². The Morgan fingerprint density at radius 3 is 2.41 bits per heavy atom. The molecule has 29 heavy (non-hydrogen) atoms. The lowest BCUT2D eigenvalue weighted by Gasteiger charge is -2.49. The molecule has 3 rings (SSSR count). The largest absolute Gasteiger partial charge is 0.357 e. The number of rotatable bonds is 4. The van der Waals surface area contributed by atoms with E-state index in [0.717, 1.165) is 34.7 Å². The number of nitrogens with zero attached hydrogens (tertiary/aromatic N) is 2. The minimum atomic E-state index is 0.0353. The standard InChI is InChI=1S/C24H33N5/c1-16-11-17-9-10-27-15-18(17)12-20(16)21(25)7-8-22(26)29(6)19-13-23(2,3)28-24(4,5)14-19/h7-12,15,19,25-26,28H,13-14H2,1-6H3/b8-7-,25-21?,26-22?. The van der Waals surface area contributed by atoms with Gasteiger partial charge in [-0.05, 0) is 82.7 Å². The molecule has 2 aromatic rings. The Bertz CT molecular complexity index is 954. The van der Waals surface area contributed by atoms with Crippen LogP contribution < -0.4 is 5.32 Å². The summed E-state index contributed by atoms with van der Waals surface area (Å²) in [6, 6.07) is 6.38. The van der Waals surface area contributed by atoms with E-state index in [0.29, 0.717) is 17.6 Å². The summed E-state index contributed by atoms with van der Waals surface area (Å²) in [7, 11) is 1.99. The van der Waals surface area contributed by atoms with Crippen molar-refractivity contribution in [1.29, 1.82) is 10.8 Å². The van der Waals surface area contributed by atoms with Crippen LogP contribution in [0.15, 0.2) is 42.7 Å². The van der Waals surface area contributed by atoms with E-state index in [2.05, 4.69) is 44.1 Å². The number of fused-ring (bicyclic) bond motifs is 1. The van der Waals surface area contributed by atoms with Crippen molar-refractivity contribution in [2.45, 2.75) is 64.6 Å². The number of allylic oxidation sites excluding steroid dienone is 1. The molecule has 0 radical (unpaired) electrons. The number of amidine groups is 1. The van der Waals surface area contributed by atoms with E-state index in [1.807, 2.05) is 37.2 Å². The monoisotopic (exact) mass is 391 g/mol.